The molecule has 0 saturated heterocycles. The molecule has 2 aromatic carbocycles. The molecule has 1 N–H and O–H groups in total. The summed E-state index contributed by atoms with van der Waals surface area (Å²) in [7, 11) is 0. The van der Waals surface area contributed by atoms with Crippen LogP contribution in [0.4, 0.5) is 10.1 Å². The van der Waals surface area contributed by atoms with Gasteiger partial charge >= 0.3 is 0 Å². The minimum absolute atomic E-state index is 0.260. The zero-order valence-corrected chi connectivity index (χ0v) is 13.2. The van der Waals surface area contributed by atoms with Crippen LogP contribution < -0.4 is 5.32 Å². The topological polar surface area (TPSA) is 25.2 Å². The zero-order chi connectivity index (χ0) is 14.8. The van der Waals surface area contributed by atoms with E-state index in [2.05, 4.69) is 28.2 Å². The summed E-state index contributed by atoms with van der Waals surface area (Å²) in [6.45, 7) is 2.59. The monoisotopic (exact) mass is 347 g/mol. The fourth-order valence-electron chi connectivity index (χ4n) is 2.45. The van der Waals surface area contributed by atoms with Crippen LogP contribution in [0.5, 0.6) is 0 Å². The van der Waals surface area contributed by atoms with Crippen LogP contribution in [0.2, 0.25) is 0 Å². The van der Waals surface area contributed by atoms with Crippen molar-refractivity contribution in [1.82, 2.24) is 0 Å². The molecule has 1 aromatic heterocycles. The molecule has 0 atom stereocenters. The second kappa shape index (κ2) is 5.90. The van der Waals surface area contributed by atoms with Gasteiger partial charge in [0.15, 0.2) is 0 Å². The summed E-state index contributed by atoms with van der Waals surface area (Å²) in [6.07, 6.45) is 0.812. The van der Waals surface area contributed by atoms with Gasteiger partial charge in [0.25, 0.3) is 0 Å². The summed E-state index contributed by atoms with van der Waals surface area (Å²) < 4.78 is 20.5. The summed E-state index contributed by atoms with van der Waals surface area (Å²) in [5.74, 6) is 0.683. The van der Waals surface area contributed by atoms with Crippen LogP contribution in [-0.4, -0.2) is 0 Å². The molecule has 3 rings (SSSR count). The Morgan fingerprint density at radius 2 is 2.00 bits per heavy atom. The van der Waals surface area contributed by atoms with Crippen molar-refractivity contribution in [2.24, 2.45) is 0 Å². The normalized spacial score (nSPS) is 11.0. The van der Waals surface area contributed by atoms with E-state index >= 15 is 0 Å². The fraction of sp³-hybridized carbons (Fsp3) is 0.176. The number of fused-ring (bicyclic) bond motifs is 1. The zero-order valence-electron chi connectivity index (χ0n) is 11.6. The SMILES string of the molecule is CCc1oc2ccccc2c1CNc1cc(Br)ccc1F. The number of aryl methyl sites for hydroxylation is 1. The van der Waals surface area contributed by atoms with Gasteiger partial charge in [-0.25, -0.2) is 4.39 Å². The van der Waals surface area contributed by atoms with Crippen molar-refractivity contribution < 1.29 is 8.81 Å². The quantitative estimate of drug-likeness (QED) is 0.673. The van der Waals surface area contributed by atoms with Crippen molar-refractivity contribution in [1.29, 1.82) is 0 Å². The first-order valence-corrected chi connectivity index (χ1v) is 7.66. The van der Waals surface area contributed by atoms with E-state index in [9.17, 15) is 4.39 Å². The predicted molar refractivity (Wildman–Crippen MR) is 87.0 cm³/mol. The lowest BCUT2D eigenvalue weighted by molar-refractivity contribution is 0.551. The van der Waals surface area contributed by atoms with Crippen LogP contribution in [0.3, 0.4) is 0 Å². The van der Waals surface area contributed by atoms with Crippen molar-refractivity contribution in [2.75, 3.05) is 5.32 Å². The second-order valence-corrected chi connectivity index (χ2v) is 5.75. The van der Waals surface area contributed by atoms with E-state index in [1.54, 1.807) is 12.1 Å². The lowest BCUT2D eigenvalue weighted by Gasteiger charge is -2.08. The Balaban J connectivity index is 1.93. The van der Waals surface area contributed by atoms with Crippen LogP contribution in [0, 0.1) is 5.82 Å². The first-order valence-electron chi connectivity index (χ1n) is 6.87. The van der Waals surface area contributed by atoms with Crippen molar-refractivity contribution in [3.63, 3.8) is 0 Å². The third-order valence-corrected chi connectivity index (χ3v) is 3.98. The van der Waals surface area contributed by atoms with E-state index in [0.717, 1.165) is 33.2 Å². The standard InChI is InChI=1S/C17H15BrFNO/c1-2-16-13(12-5-3-4-6-17(12)21-16)10-20-15-9-11(18)7-8-14(15)19/h3-9,20H,2,10H2,1H3. The van der Waals surface area contributed by atoms with Gasteiger partial charge in [-0.1, -0.05) is 41.1 Å². The van der Waals surface area contributed by atoms with Gasteiger partial charge in [0.1, 0.15) is 17.2 Å². The minimum atomic E-state index is -0.260. The summed E-state index contributed by atoms with van der Waals surface area (Å²) >= 11 is 3.36. The molecule has 21 heavy (non-hydrogen) atoms. The predicted octanol–water partition coefficient (Wildman–Crippen LogP) is 5.51. The number of para-hydroxylation sites is 1. The van der Waals surface area contributed by atoms with Crippen molar-refractivity contribution in [3.8, 4) is 0 Å². The molecule has 0 radical (unpaired) electrons. The highest BCUT2D eigenvalue weighted by atomic mass is 79.9. The smallest absolute Gasteiger partial charge is 0.146 e. The average molecular weight is 348 g/mol. The molecule has 2 nitrogen and oxygen atoms in total. The van der Waals surface area contributed by atoms with Gasteiger partial charge in [0, 0.05) is 28.4 Å². The highest BCUT2D eigenvalue weighted by Gasteiger charge is 2.13. The Kier molecular flexibility index (Phi) is 3.97. The van der Waals surface area contributed by atoms with Crippen LogP contribution in [0.15, 0.2) is 51.4 Å². The maximum atomic E-state index is 13.8. The first-order chi connectivity index (χ1) is 10.2. The molecule has 0 fully saturated rings. The van der Waals surface area contributed by atoms with E-state index in [4.69, 9.17) is 4.42 Å². The molecule has 0 unspecified atom stereocenters. The molecule has 108 valence electrons. The van der Waals surface area contributed by atoms with Gasteiger partial charge in [0.05, 0.1) is 5.69 Å². The lowest BCUT2D eigenvalue weighted by Crippen LogP contribution is -2.03. The molecular formula is C17H15BrFNO. The fourth-order valence-corrected chi connectivity index (χ4v) is 2.81. The number of furan rings is 1. The Morgan fingerprint density at radius 3 is 2.81 bits per heavy atom. The number of rotatable bonds is 4. The van der Waals surface area contributed by atoms with E-state index in [0.29, 0.717) is 12.2 Å². The molecule has 0 aliphatic carbocycles. The Hall–Kier alpha value is -1.81. The third-order valence-electron chi connectivity index (χ3n) is 3.49. The van der Waals surface area contributed by atoms with E-state index < -0.39 is 0 Å². The van der Waals surface area contributed by atoms with Crippen molar-refractivity contribution in [2.45, 2.75) is 19.9 Å². The number of nitrogens with one attached hydrogen (secondary N) is 1. The van der Waals surface area contributed by atoms with Gasteiger partial charge in [-0.15, -0.1) is 0 Å². The van der Waals surface area contributed by atoms with Crippen molar-refractivity contribution >= 4 is 32.6 Å². The second-order valence-electron chi connectivity index (χ2n) is 4.83. The summed E-state index contributed by atoms with van der Waals surface area (Å²) in [5, 5.41) is 4.24. The molecule has 0 saturated carbocycles. The average Bonchev–Trinajstić information content (AvgIpc) is 2.86. The molecule has 0 aliphatic heterocycles. The van der Waals surface area contributed by atoms with Crippen LogP contribution in [0.1, 0.15) is 18.2 Å². The molecule has 0 bridgehead atoms. The van der Waals surface area contributed by atoms with Gasteiger partial charge in [0.2, 0.25) is 0 Å². The lowest BCUT2D eigenvalue weighted by atomic mass is 10.1. The Morgan fingerprint density at radius 1 is 1.19 bits per heavy atom. The number of hydrogen-bond donors (Lipinski definition) is 1. The van der Waals surface area contributed by atoms with Crippen molar-refractivity contribution in [3.05, 3.63) is 64.1 Å². The molecule has 0 amide bonds. The molecule has 3 aromatic rings. The summed E-state index contributed by atoms with van der Waals surface area (Å²) in [5.41, 5.74) is 2.45. The minimum Gasteiger partial charge on any atom is -0.461 e. The molecule has 0 spiro atoms. The van der Waals surface area contributed by atoms with E-state index in [1.165, 1.54) is 6.07 Å². The van der Waals surface area contributed by atoms with Gasteiger partial charge in [-0.2, -0.15) is 0 Å². The van der Waals surface area contributed by atoms with Crippen LogP contribution >= 0.6 is 15.9 Å². The highest BCUT2D eigenvalue weighted by molar-refractivity contribution is 9.10. The van der Waals surface area contributed by atoms with Gasteiger partial charge < -0.3 is 9.73 Å². The third kappa shape index (κ3) is 2.81. The van der Waals surface area contributed by atoms with Crippen LogP contribution in [-0.2, 0) is 13.0 Å². The summed E-state index contributed by atoms with van der Waals surface area (Å²) in [4.78, 5) is 0. The highest BCUT2D eigenvalue weighted by Crippen LogP contribution is 2.28. The molecule has 4 heteroatoms. The maximum Gasteiger partial charge on any atom is 0.146 e. The molecule has 0 aliphatic rings. The maximum absolute atomic E-state index is 13.8. The van der Waals surface area contributed by atoms with Gasteiger partial charge in [-0.3, -0.25) is 0 Å². The molecule has 1 heterocycles. The van der Waals surface area contributed by atoms with E-state index in [-0.39, 0.29) is 5.82 Å². The van der Waals surface area contributed by atoms with E-state index in [1.807, 2.05) is 24.3 Å². The molecular weight excluding hydrogens is 333 g/mol. The number of anilines is 1. The Labute approximate surface area is 131 Å². The van der Waals surface area contributed by atoms with Crippen LogP contribution in [0.25, 0.3) is 11.0 Å². The number of hydrogen-bond acceptors (Lipinski definition) is 2. The Bertz CT molecular complexity index is 782. The summed E-state index contributed by atoms with van der Waals surface area (Å²) in [6, 6.07) is 12.8. The van der Waals surface area contributed by atoms with Gasteiger partial charge in [-0.05, 0) is 24.3 Å². The number of benzene rings is 2. The largest absolute Gasteiger partial charge is 0.461 e. The first kappa shape index (κ1) is 14.1. The number of halogens is 2.